The van der Waals surface area contributed by atoms with Crippen molar-refractivity contribution in [3.8, 4) is 5.75 Å². The number of urea groups is 1. The fourth-order valence-electron chi connectivity index (χ4n) is 1.86. The van der Waals surface area contributed by atoms with Crippen LogP contribution in [0.4, 0.5) is 19.3 Å². The van der Waals surface area contributed by atoms with E-state index in [-0.39, 0.29) is 12.3 Å². The molecule has 23 heavy (non-hydrogen) atoms. The second-order valence-corrected chi connectivity index (χ2v) is 5.22. The van der Waals surface area contributed by atoms with Crippen molar-refractivity contribution in [3.63, 3.8) is 0 Å². The molecular weight excluding hydrogens is 326 g/mol. The molecule has 0 atom stereocenters. The first-order valence-corrected chi connectivity index (χ1v) is 7.16. The maximum Gasteiger partial charge on any atom is 0.387 e. The minimum Gasteiger partial charge on any atom is -0.435 e. The molecular formula is C16H15ClF2N2O2. The minimum absolute atomic E-state index is 0.0691. The van der Waals surface area contributed by atoms with E-state index in [0.717, 1.165) is 11.1 Å². The summed E-state index contributed by atoms with van der Waals surface area (Å²) in [6.07, 6.45) is 0. The number of anilines is 1. The van der Waals surface area contributed by atoms with Crippen LogP contribution in [0.5, 0.6) is 5.75 Å². The summed E-state index contributed by atoms with van der Waals surface area (Å²) in [4.78, 5) is 11.8. The molecule has 0 unspecified atom stereocenters. The van der Waals surface area contributed by atoms with Gasteiger partial charge in [0.1, 0.15) is 5.75 Å². The van der Waals surface area contributed by atoms with Gasteiger partial charge in [-0.25, -0.2) is 4.79 Å². The molecule has 2 amide bonds. The third-order valence-electron chi connectivity index (χ3n) is 2.97. The molecule has 0 aliphatic rings. The fourth-order valence-corrected chi connectivity index (χ4v) is 2.14. The number of hydrogen-bond acceptors (Lipinski definition) is 2. The van der Waals surface area contributed by atoms with Crippen molar-refractivity contribution in [2.45, 2.75) is 20.1 Å². The summed E-state index contributed by atoms with van der Waals surface area (Å²) >= 11 is 6.03. The van der Waals surface area contributed by atoms with Crippen LogP contribution in [-0.4, -0.2) is 12.6 Å². The number of halogens is 3. The Morgan fingerprint density at radius 1 is 1.22 bits per heavy atom. The fraction of sp³-hybridized carbons (Fsp3) is 0.188. The molecule has 122 valence electrons. The summed E-state index contributed by atoms with van der Waals surface area (Å²) in [5, 5.41) is 5.74. The Bertz CT molecular complexity index is 678. The van der Waals surface area contributed by atoms with E-state index < -0.39 is 12.6 Å². The first kappa shape index (κ1) is 17.0. The van der Waals surface area contributed by atoms with Crippen LogP contribution in [0, 0.1) is 6.92 Å². The molecule has 2 rings (SSSR count). The van der Waals surface area contributed by atoms with Crippen LogP contribution >= 0.6 is 11.6 Å². The summed E-state index contributed by atoms with van der Waals surface area (Å²) in [7, 11) is 0. The Labute approximate surface area is 137 Å². The molecule has 2 aromatic carbocycles. The molecule has 0 aliphatic carbocycles. The number of ether oxygens (including phenoxy) is 1. The highest BCUT2D eigenvalue weighted by molar-refractivity contribution is 6.33. The van der Waals surface area contributed by atoms with E-state index in [4.69, 9.17) is 11.6 Å². The molecule has 0 saturated heterocycles. The molecule has 0 bridgehead atoms. The van der Waals surface area contributed by atoms with Gasteiger partial charge in [0.05, 0.1) is 10.7 Å². The first-order valence-electron chi connectivity index (χ1n) is 6.79. The number of nitrogens with one attached hydrogen (secondary N) is 2. The predicted molar refractivity (Wildman–Crippen MR) is 85.1 cm³/mol. The Kier molecular flexibility index (Phi) is 5.76. The number of rotatable bonds is 5. The topological polar surface area (TPSA) is 50.4 Å². The average molecular weight is 341 g/mol. The summed E-state index contributed by atoms with van der Waals surface area (Å²) in [5.74, 6) is 0.0691. The van der Waals surface area contributed by atoms with Crippen LogP contribution in [-0.2, 0) is 6.54 Å². The molecule has 2 aromatic rings. The lowest BCUT2D eigenvalue weighted by atomic mass is 10.2. The molecule has 0 spiro atoms. The number of alkyl halides is 2. The zero-order chi connectivity index (χ0) is 16.8. The summed E-state index contributed by atoms with van der Waals surface area (Å²) in [6.45, 7) is -0.717. The molecule has 0 aliphatic heterocycles. The van der Waals surface area contributed by atoms with Gasteiger partial charge >= 0.3 is 12.6 Å². The van der Waals surface area contributed by atoms with Gasteiger partial charge in [-0.15, -0.1) is 0 Å². The standard InChI is InChI=1S/C16H15ClF2N2O2/c1-10-2-7-14(13(17)8-10)21-16(22)20-9-11-3-5-12(6-4-11)23-15(18)19/h2-8,15H,9H2,1H3,(H2,20,21,22). The third-order valence-corrected chi connectivity index (χ3v) is 3.29. The molecule has 0 aromatic heterocycles. The van der Waals surface area contributed by atoms with Crippen molar-refractivity contribution in [1.82, 2.24) is 5.32 Å². The monoisotopic (exact) mass is 340 g/mol. The minimum atomic E-state index is -2.86. The molecule has 0 fully saturated rings. The van der Waals surface area contributed by atoms with Crippen LogP contribution < -0.4 is 15.4 Å². The lowest BCUT2D eigenvalue weighted by Gasteiger charge is -2.10. The Morgan fingerprint density at radius 3 is 2.52 bits per heavy atom. The van der Waals surface area contributed by atoms with E-state index in [0.29, 0.717) is 10.7 Å². The highest BCUT2D eigenvalue weighted by Gasteiger charge is 2.07. The predicted octanol–water partition coefficient (Wildman–Crippen LogP) is 4.57. The summed E-state index contributed by atoms with van der Waals surface area (Å²) in [6, 6.07) is 10.9. The third kappa shape index (κ3) is 5.41. The van der Waals surface area contributed by atoms with Gasteiger partial charge in [-0.3, -0.25) is 0 Å². The van der Waals surface area contributed by atoms with Crippen molar-refractivity contribution in [2.24, 2.45) is 0 Å². The number of aryl methyl sites for hydroxylation is 1. The van der Waals surface area contributed by atoms with E-state index in [1.54, 1.807) is 24.3 Å². The lowest BCUT2D eigenvalue weighted by Crippen LogP contribution is -2.28. The lowest BCUT2D eigenvalue weighted by molar-refractivity contribution is -0.0498. The van der Waals surface area contributed by atoms with Gasteiger partial charge in [-0.1, -0.05) is 29.8 Å². The van der Waals surface area contributed by atoms with Crippen molar-refractivity contribution >= 4 is 23.3 Å². The van der Waals surface area contributed by atoms with Gasteiger partial charge in [-0.2, -0.15) is 8.78 Å². The normalized spacial score (nSPS) is 10.5. The maximum absolute atomic E-state index is 12.0. The number of amides is 2. The largest absolute Gasteiger partial charge is 0.435 e. The van der Waals surface area contributed by atoms with E-state index in [1.165, 1.54) is 12.1 Å². The Morgan fingerprint density at radius 2 is 1.91 bits per heavy atom. The van der Waals surface area contributed by atoms with E-state index in [9.17, 15) is 13.6 Å². The smallest absolute Gasteiger partial charge is 0.387 e. The van der Waals surface area contributed by atoms with Gasteiger partial charge in [0.15, 0.2) is 0 Å². The van der Waals surface area contributed by atoms with Crippen LogP contribution in [0.2, 0.25) is 5.02 Å². The van der Waals surface area contributed by atoms with Gasteiger partial charge in [0.25, 0.3) is 0 Å². The number of carbonyl (C=O) groups excluding carboxylic acids is 1. The zero-order valence-electron chi connectivity index (χ0n) is 12.3. The molecule has 7 heteroatoms. The molecule has 0 saturated carbocycles. The number of carbonyl (C=O) groups is 1. The highest BCUT2D eigenvalue weighted by Crippen LogP contribution is 2.22. The second-order valence-electron chi connectivity index (χ2n) is 4.81. The van der Waals surface area contributed by atoms with Crippen LogP contribution in [0.3, 0.4) is 0 Å². The molecule has 4 nitrogen and oxygen atoms in total. The van der Waals surface area contributed by atoms with Crippen LogP contribution in [0.25, 0.3) is 0 Å². The van der Waals surface area contributed by atoms with Gasteiger partial charge in [0.2, 0.25) is 0 Å². The van der Waals surface area contributed by atoms with Crippen molar-refractivity contribution in [1.29, 1.82) is 0 Å². The zero-order valence-corrected chi connectivity index (χ0v) is 13.0. The number of benzene rings is 2. The average Bonchev–Trinajstić information content (AvgIpc) is 2.49. The van der Waals surface area contributed by atoms with E-state index in [2.05, 4.69) is 15.4 Å². The Hall–Kier alpha value is -2.34. The van der Waals surface area contributed by atoms with Crippen LogP contribution in [0.15, 0.2) is 42.5 Å². The molecule has 0 radical (unpaired) electrons. The van der Waals surface area contributed by atoms with Gasteiger partial charge < -0.3 is 15.4 Å². The van der Waals surface area contributed by atoms with Crippen LogP contribution in [0.1, 0.15) is 11.1 Å². The highest BCUT2D eigenvalue weighted by atomic mass is 35.5. The van der Waals surface area contributed by atoms with Crippen molar-refractivity contribution in [3.05, 3.63) is 58.6 Å². The second kappa shape index (κ2) is 7.78. The van der Waals surface area contributed by atoms with E-state index >= 15 is 0 Å². The van der Waals surface area contributed by atoms with Gasteiger partial charge in [0, 0.05) is 6.54 Å². The summed E-state index contributed by atoms with van der Waals surface area (Å²) < 4.78 is 28.3. The van der Waals surface area contributed by atoms with Gasteiger partial charge in [-0.05, 0) is 42.3 Å². The van der Waals surface area contributed by atoms with Crippen molar-refractivity contribution < 1.29 is 18.3 Å². The SMILES string of the molecule is Cc1ccc(NC(=O)NCc2ccc(OC(F)F)cc2)c(Cl)c1. The molecule has 2 N–H and O–H groups in total. The maximum atomic E-state index is 12.0. The van der Waals surface area contributed by atoms with Crippen molar-refractivity contribution in [2.75, 3.05) is 5.32 Å². The first-order chi connectivity index (χ1) is 10.9. The Balaban J connectivity index is 1.86. The van der Waals surface area contributed by atoms with E-state index in [1.807, 2.05) is 13.0 Å². The quantitative estimate of drug-likeness (QED) is 0.837. The summed E-state index contributed by atoms with van der Waals surface area (Å²) in [5.41, 5.74) is 2.25. The molecule has 0 heterocycles. The number of hydrogen-bond donors (Lipinski definition) is 2.